The Morgan fingerprint density at radius 3 is 3.00 bits per heavy atom. The van der Waals surface area contributed by atoms with Crippen molar-refractivity contribution >= 4 is 17.3 Å². The summed E-state index contributed by atoms with van der Waals surface area (Å²) in [6.45, 7) is 0. The van der Waals surface area contributed by atoms with Crippen LogP contribution in [-0.2, 0) is 11.2 Å². The normalized spacial score (nSPS) is 12.8. The van der Waals surface area contributed by atoms with Gasteiger partial charge in [0.2, 0.25) is 0 Å². The fourth-order valence-corrected chi connectivity index (χ4v) is 1.43. The molecule has 1 heterocycles. The van der Waals surface area contributed by atoms with Crippen LogP contribution < -0.4 is 5.73 Å². The van der Waals surface area contributed by atoms with Crippen molar-refractivity contribution in [2.24, 2.45) is 5.73 Å². The lowest BCUT2D eigenvalue weighted by Crippen LogP contribution is -2.31. The molecule has 11 heavy (non-hydrogen) atoms. The highest BCUT2D eigenvalue weighted by molar-refractivity contribution is 7.07. The van der Waals surface area contributed by atoms with Gasteiger partial charge < -0.3 is 10.8 Å². The second-order valence-corrected chi connectivity index (χ2v) is 3.06. The van der Waals surface area contributed by atoms with Gasteiger partial charge in [0, 0.05) is 0 Å². The molecule has 0 saturated heterocycles. The molecule has 0 aliphatic carbocycles. The van der Waals surface area contributed by atoms with Gasteiger partial charge >= 0.3 is 5.97 Å². The van der Waals surface area contributed by atoms with Gasteiger partial charge in [0.05, 0.1) is 0 Å². The van der Waals surface area contributed by atoms with Gasteiger partial charge in [0.25, 0.3) is 0 Å². The second-order valence-electron chi connectivity index (χ2n) is 2.28. The van der Waals surface area contributed by atoms with Crippen LogP contribution in [0.3, 0.4) is 0 Å². The Hall–Kier alpha value is -0.870. The van der Waals surface area contributed by atoms with Crippen molar-refractivity contribution < 1.29 is 9.90 Å². The molecule has 60 valence electrons. The summed E-state index contributed by atoms with van der Waals surface area (Å²) in [5, 5.41) is 12.3. The van der Waals surface area contributed by atoms with Gasteiger partial charge in [-0.3, -0.25) is 4.79 Å². The summed E-state index contributed by atoms with van der Waals surface area (Å²) in [6, 6.07) is 1.11. The second kappa shape index (κ2) is 3.50. The van der Waals surface area contributed by atoms with Crippen molar-refractivity contribution in [1.29, 1.82) is 0 Å². The average Bonchev–Trinajstić information content (AvgIpc) is 2.39. The van der Waals surface area contributed by atoms with Crippen LogP contribution >= 0.6 is 11.3 Å². The van der Waals surface area contributed by atoms with Gasteiger partial charge in [0.1, 0.15) is 6.04 Å². The van der Waals surface area contributed by atoms with E-state index < -0.39 is 12.0 Å². The number of aliphatic carboxylic acids is 1. The molecular weight excluding hydrogens is 162 g/mol. The lowest BCUT2D eigenvalue weighted by Gasteiger charge is -2.02. The molecule has 1 aromatic rings. The van der Waals surface area contributed by atoms with Crippen LogP contribution in [0.5, 0.6) is 0 Å². The number of hydrogen-bond donors (Lipinski definition) is 2. The van der Waals surface area contributed by atoms with E-state index in [1.54, 1.807) is 11.3 Å². The van der Waals surface area contributed by atoms with Crippen molar-refractivity contribution in [3.05, 3.63) is 22.4 Å². The third kappa shape index (κ3) is 2.32. The summed E-state index contributed by atoms with van der Waals surface area (Å²) < 4.78 is 0. The molecular formula is C7H9NO2S. The maximum absolute atomic E-state index is 10.3. The Kier molecular flexibility index (Phi) is 2.62. The number of carboxylic acid groups (broad SMARTS) is 1. The highest BCUT2D eigenvalue weighted by Crippen LogP contribution is 2.07. The number of rotatable bonds is 3. The summed E-state index contributed by atoms with van der Waals surface area (Å²) in [6.07, 6.45) is 0.416. The molecule has 0 fully saturated rings. The van der Waals surface area contributed by atoms with E-state index in [-0.39, 0.29) is 0 Å². The van der Waals surface area contributed by atoms with Crippen LogP contribution in [-0.4, -0.2) is 17.1 Å². The van der Waals surface area contributed by atoms with Crippen LogP contribution in [0.25, 0.3) is 0 Å². The van der Waals surface area contributed by atoms with E-state index in [4.69, 9.17) is 10.8 Å². The molecule has 0 aliphatic rings. The smallest absolute Gasteiger partial charge is 0.320 e. The summed E-state index contributed by atoms with van der Waals surface area (Å²) in [4.78, 5) is 10.3. The van der Waals surface area contributed by atoms with Crippen molar-refractivity contribution in [1.82, 2.24) is 0 Å². The predicted molar refractivity (Wildman–Crippen MR) is 43.6 cm³/mol. The quantitative estimate of drug-likeness (QED) is 0.703. The first-order valence-electron chi connectivity index (χ1n) is 3.19. The van der Waals surface area contributed by atoms with Gasteiger partial charge in [-0.15, -0.1) is 0 Å². The molecule has 0 radical (unpaired) electrons. The van der Waals surface area contributed by atoms with E-state index in [1.165, 1.54) is 0 Å². The molecule has 0 aromatic carbocycles. The van der Waals surface area contributed by atoms with Crippen LogP contribution in [0.2, 0.25) is 0 Å². The zero-order chi connectivity index (χ0) is 8.27. The standard InChI is InChI=1S/C7H9NO2S/c8-6(7(9)10)3-5-1-2-11-4-5/h1-2,4,6H,3,8H2,(H,9,10)/t6-/m1/s1. The molecule has 1 atom stereocenters. The van der Waals surface area contributed by atoms with E-state index in [0.29, 0.717) is 6.42 Å². The minimum atomic E-state index is -0.948. The SMILES string of the molecule is N[C@H](Cc1ccsc1)C(=O)O. The van der Waals surface area contributed by atoms with Gasteiger partial charge in [-0.25, -0.2) is 0 Å². The zero-order valence-electron chi connectivity index (χ0n) is 5.86. The Labute approximate surface area is 68.5 Å². The molecule has 0 saturated carbocycles. The van der Waals surface area contributed by atoms with Crippen LogP contribution in [0.4, 0.5) is 0 Å². The number of carboxylic acids is 1. The fraction of sp³-hybridized carbons (Fsp3) is 0.286. The summed E-state index contributed by atoms with van der Waals surface area (Å²) >= 11 is 1.54. The Morgan fingerprint density at radius 2 is 2.55 bits per heavy atom. The van der Waals surface area contributed by atoms with Crippen molar-refractivity contribution in [2.45, 2.75) is 12.5 Å². The number of hydrogen-bond acceptors (Lipinski definition) is 3. The fourth-order valence-electron chi connectivity index (χ4n) is 0.750. The van der Waals surface area contributed by atoms with Crippen LogP contribution in [0.1, 0.15) is 5.56 Å². The number of thiophene rings is 1. The first kappa shape index (κ1) is 8.23. The molecule has 0 unspecified atom stereocenters. The Bertz CT molecular complexity index is 233. The minimum Gasteiger partial charge on any atom is -0.480 e. The molecule has 3 N–H and O–H groups in total. The Balaban J connectivity index is 2.50. The van der Waals surface area contributed by atoms with E-state index in [0.717, 1.165) is 5.56 Å². The lowest BCUT2D eigenvalue weighted by atomic mass is 10.1. The van der Waals surface area contributed by atoms with Gasteiger partial charge in [0.15, 0.2) is 0 Å². The highest BCUT2D eigenvalue weighted by atomic mass is 32.1. The van der Waals surface area contributed by atoms with E-state index >= 15 is 0 Å². The molecule has 4 heteroatoms. The van der Waals surface area contributed by atoms with E-state index in [9.17, 15) is 4.79 Å². The third-order valence-electron chi connectivity index (χ3n) is 1.35. The monoisotopic (exact) mass is 171 g/mol. The van der Waals surface area contributed by atoms with Crippen LogP contribution in [0.15, 0.2) is 16.8 Å². The predicted octanol–water partition coefficient (Wildman–Crippen LogP) is 0.703. The average molecular weight is 171 g/mol. The molecule has 0 spiro atoms. The van der Waals surface area contributed by atoms with Gasteiger partial charge in [-0.2, -0.15) is 11.3 Å². The first-order valence-corrected chi connectivity index (χ1v) is 4.14. The van der Waals surface area contributed by atoms with Crippen LogP contribution in [0, 0.1) is 0 Å². The Morgan fingerprint density at radius 1 is 1.82 bits per heavy atom. The summed E-state index contributed by atoms with van der Waals surface area (Å²) in [5.41, 5.74) is 6.30. The first-order chi connectivity index (χ1) is 5.20. The van der Waals surface area contributed by atoms with Gasteiger partial charge in [-0.1, -0.05) is 0 Å². The summed E-state index contributed by atoms with van der Waals surface area (Å²) in [5.74, 6) is -0.948. The lowest BCUT2D eigenvalue weighted by molar-refractivity contribution is -0.138. The van der Waals surface area contributed by atoms with Crippen molar-refractivity contribution in [2.75, 3.05) is 0 Å². The zero-order valence-corrected chi connectivity index (χ0v) is 6.67. The van der Waals surface area contributed by atoms with Gasteiger partial charge in [-0.05, 0) is 28.8 Å². The van der Waals surface area contributed by atoms with E-state index in [1.807, 2.05) is 16.8 Å². The molecule has 3 nitrogen and oxygen atoms in total. The highest BCUT2D eigenvalue weighted by Gasteiger charge is 2.11. The molecule has 1 rings (SSSR count). The maximum Gasteiger partial charge on any atom is 0.320 e. The van der Waals surface area contributed by atoms with Crippen molar-refractivity contribution in [3.63, 3.8) is 0 Å². The van der Waals surface area contributed by atoms with E-state index in [2.05, 4.69) is 0 Å². The maximum atomic E-state index is 10.3. The van der Waals surface area contributed by atoms with Crippen molar-refractivity contribution in [3.8, 4) is 0 Å². The minimum absolute atomic E-state index is 0.416. The molecule has 1 aromatic heterocycles. The summed E-state index contributed by atoms with van der Waals surface area (Å²) in [7, 11) is 0. The topological polar surface area (TPSA) is 63.3 Å². The number of carbonyl (C=O) groups is 1. The molecule has 0 aliphatic heterocycles. The number of nitrogens with two attached hydrogens (primary N) is 1. The third-order valence-corrected chi connectivity index (χ3v) is 2.08. The largest absolute Gasteiger partial charge is 0.480 e. The molecule has 0 bridgehead atoms. The molecule has 0 amide bonds.